The summed E-state index contributed by atoms with van der Waals surface area (Å²) in [6.45, 7) is 0. The molecule has 29 heavy (non-hydrogen) atoms. The van der Waals surface area contributed by atoms with Crippen LogP contribution < -0.4 is 5.32 Å². The molecular weight excluding hydrogens is 382 g/mol. The van der Waals surface area contributed by atoms with E-state index in [1.807, 2.05) is 30.3 Å². The van der Waals surface area contributed by atoms with Gasteiger partial charge >= 0.3 is 5.97 Å². The molecule has 154 valence electrons. The minimum absolute atomic E-state index is 0.282. The van der Waals surface area contributed by atoms with Gasteiger partial charge in [0.25, 0.3) is 0 Å². The van der Waals surface area contributed by atoms with E-state index in [4.69, 9.17) is 5.11 Å². The van der Waals surface area contributed by atoms with Gasteiger partial charge in [0.05, 0.1) is 0 Å². The molecule has 1 heterocycles. The van der Waals surface area contributed by atoms with Crippen molar-refractivity contribution in [2.24, 2.45) is 0 Å². The quantitative estimate of drug-likeness (QED) is 0.290. The van der Waals surface area contributed by atoms with Crippen molar-refractivity contribution >= 4 is 23.4 Å². The average Bonchev–Trinajstić information content (AvgIpc) is 3.09. The average molecular weight is 412 g/mol. The number of fused-ring (bicyclic) bond motifs is 1. The lowest BCUT2D eigenvalue weighted by molar-refractivity contribution is -0.137. The lowest BCUT2D eigenvalue weighted by atomic mass is 10.0. The maximum atomic E-state index is 10.5. The number of rotatable bonds is 11. The molecule has 0 amide bonds. The van der Waals surface area contributed by atoms with Crippen LogP contribution in [0.2, 0.25) is 0 Å². The van der Waals surface area contributed by atoms with Gasteiger partial charge in [0, 0.05) is 22.6 Å². The second-order valence-electron chi connectivity index (χ2n) is 7.43. The molecule has 0 saturated carbocycles. The molecule has 0 fully saturated rings. The predicted octanol–water partition coefficient (Wildman–Crippen LogP) is 6.52. The highest BCUT2D eigenvalue weighted by Crippen LogP contribution is 2.53. The number of benzene rings is 2. The van der Waals surface area contributed by atoms with Crippen LogP contribution in [0.1, 0.15) is 56.9 Å². The van der Waals surface area contributed by atoms with Gasteiger partial charge in [-0.2, -0.15) is 0 Å². The second-order valence-corrected chi connectivity index (χ2v) is 8.72. The summed E-state index contributed by atoms with van der Waals surface area (Å²) in [7, 11) is 0. The fourth-order valence-corrected chi connectivity index (χ4v) is 4.96. The molecule has 0 saturated heterocycles. The molecule has 0 bridgehead atoms. The number of nitrogens with one attached hydrogen (secondary N) is 1. The van der Waals surface area contributed by atoms with E-state index in [1.54, 1.807) is 17.8 Å². The van der Waals surface area contributed by atoms with E-state index < -0.39 is 10.8 Å². The Morgan fingerprint density at radius 1 is 0.966 bits per heavy atom. The number of para-hydroxylation sites is 2. The lowest BCUT2D eigenvalue weighted by Crippen LogP contribution is -2.25. The number of thioether (sulfide) groups is 1. The summed E-state index contributed by atoms with van der Waals surface area (Å²) in [5.74, 6) is -0.402. The van der Waals surface area contributed by atoms with Crippen molar-refractivity contribution in [1.29, 1.82) is 0 Å². The molecule has 0 spiro atoms. The van der Waals surface area contributed by atoms with Gasteiger partial charge in [0.1, 0.15) is 10.6 Å². The number of phenolic OH excluding ortho intramolecular Hbond substituents is 1. The van der Waals surface area contributed by atoms with Crippen LogP contribution in [0.3, 0.4) is 0 Å². The Hall–Kier alpha value is -2.40. The first-order chi connectivity index (χ1) is 14.1. The number of aromatic hydroxyl groups is 1. The largest absolute Gasteiger partial charge is 0.508 e. The van der Waals surface area contributed by atoms with Gasteiger partial charge in [-0.05, 0) is 43.5 Å². The van der Waals surface area contributed by atoms with Gasteiger partial charge in [-0.25, -0.2) is 0 Å². The highest BCUT2D eigenvalue weighted by atomic mass is 32.2. The zero-order valence-corrected chi connectivity index (χ0v) is 17.5. The van der Waals surface area contributed by atoms with E-state index in [0.29, 0.717) is 5.75 Å². The number of carbonyl (C=O) groups is 1. The Bertz CT molecular complexity index is 825. The van der Waals surface area contributed by atoms with E-state index in [0.717, 1.165) is 56.2 Å². The molecule has 1 aliphatic rings. The van der Waals surface area contributed by atoms with E-state index in [9.17, 15) is 9.90 Å². The van der Waals surface area contributed by atoms with E-state index in [2.05, 4.69) is 29.6 Å². The molecular formula is C24H29NO3S. The molecule has 2 aromatic rings. The highest BCUT2D eigenvalue weighted by Gasteiger charge is 2.38. The number of unbranched alkanes of at least 4 members (excludes halogenated alkanes) is 6. The van der Waals surface area contributed by atoms with Gasteiger partial charge in [-0.3, -0.25) is 4.79 Å². The van der Waals surface area contributed by atoms with Gasteiger partial charge in [-0.15, -0.1) is 0 Å². The Morgan fingerprint density at radius 3 is 2.41 bits per heavy atom. The fraction of sp³-hybridized carbons (Fsp3) is 0.375. The lowest BCUT2D eigenvalue weighted by Gasteiger charge is -2.27. The van der Waals surface area contributed by atoms with E-state index in [-0.39, 0.29) is 6.42 Å². The van der Waals surface area contributed by atoms with Crippen LogP contribution in [0.4, 0.5) is 5.69 Å². The van der Waals surface area contributed by atoms with Crippen LogP contribution in [0, 0.1) is 0 Å². The fourth-order valence-electron chi connectivity index (χ4n) is 3.63. The SMILES string of the molecule is O=C(O)CCCCCCCCC=CC1(c2ccccc2O)Nc2ccccc2S1. The molecule has 3 N–H and O–H groups in total. The summed E-state index contributed by atoms with van der Waals surface area (Å²) in [5, 5.41) is 22.7. The molecule has 1 atom stereocenters. The topological polar surface area (TPSA) is 69.6 Å². The third-order valence-electron chi connectivity index (χ3n) is 5.15. The third-order valence-corrected chi connectivity index (χ3v) is 6.50. The van der Waals surface area contributed by atoms with E-state index in [1.165, 1.54) is 4.90 Å². The van der Waals surface area contributed by atoms with Crippen LogP contribution in [-0.4, -0.2) is 16.2 Å². The summed E-state index contributed by atoms with van der Waals surface area (Å²) in [4.78, 5) is 11.2. The van der Waals surface area contributed by atoms with Crippen LogP contribution in [0.25, 0.3) is 0 Å². The molecule has 0 aliphatic carbocycles. The molecule has 5 heteroatoms. The van der Waals surface area contributed by atoms with E-state index >= 15 is 0 Å². The number of aliphatic carboxylic acids is 1. The monoisotopic (exact) mass is 411 g/mol. The number of anilines is 1. The van der Waals surface area contributed by atoms with Crippen molar-refractivity contribution in [3.05, 3.63) is 66.2 Å². The van der Waals surface area contributed by atoms with Crippen LogP contribution >= 0.6 is 11.8 Å². The summed E-state index contributed by atoms with van der Waals surface area (Å²) in [6, 6.07) is 15.8. The zero-order valence-electron chi connectivity index (χ0n) is 16.6. The number of hydrogen-bond acceptors (Lipinski definition) is 4. The van der Waals surface area contributed by atoms with Gasteiger partial charge in [0.15, 0.2) is 0 Å². The summed E-state index contributed by atoms with van der Waals surface area (Å²) < 4.78 is 0. The Labute approximate surface area is 177 Å². The van der Waals surface area contributed by atoms with Gasteiger partial charge < -0.3 is 15.5 Å². The van der Waals surface area contributed by atoms with Crippen molar-refractivity contribution < 1.29 is 15.0 Å². The van der Waals surface area contributed by atoms with Gasteiger partial charge in [-0.1, -0.05) is 73.9 Å². The number of phenols is 1. The van der Waals surface area contributed by atoms with Crippen molar-refractivity contribution in [2.45, 2.75) is 61.1 Å². The Morgan fingerprint density at radius 2 is 1.66 bits per heavy atom. The molecule has 0 radical (unpaired) electrons. The van der Waals surface area contributed by atoms with Crippen LogP contribution in [0.15, 0.2) is 65.6 Å². The third kappa shape index (κ3) is 5.80. The highest BCUT2D eigenvalue weighted by molar-refractivity contribution is 8.01. The van der Waals surface area contributed by atoms with Crippen LogP contribution in [0.5, 0.6) is 5.75 Å². The summed E-state index contributed by atoms with van der Waals surface area (Å²) in [6.07, 6.45) is 12.0. The standard InChI is InChI=1S/C24H29NO3S/c26-21-15-10-8-13-19(21)24(25-20-14-9-11-16-22(20)29-24)18-12-6-4-2-1-3-5-7-17-23(27)28/h8-16,18,25-26H,1-7,17H2,(H,27,28). The molecule has 2 aromatic carbocycles. The normalized spacial score (nSPS) is 17.9. The van der Waals surface area contributed by atoms with Crippen molar-refractivity contribution in [3.8, 4) is 5.75 Å². The molecule has 4 nitrogen and oxygen atoms in total. The summed E-state index contributed by atoms with van der Waals surface area (Å²) in [5.41, 5.74) is 1.96. The molecule has 1 aliphatic heterocycles. The number of carboxylic acids is 1. The Balaban J connectivity index is 1.54. The minimum atomic E-state index is -0.700. The zero-order chi connectivity index (χ0) is 20.5. The maximum absolute atomic E-state index is 10.5. The van der Waals surface area contributed by atoms with Crippen molar-refractivity contribution in [1.82, 2.24) is 0 Å². The van der Waals surface area contributed by atoms with Crippen LogP contribution in [-0.2, 0) is 9.67 Å². The number of allylic oxidation sites excluding steroid dienone is 1. The summed E-state index contributed by atoms with van der Waals surface area (Å²) >= 11 is 1.72. The number of hydrogen-bond donors (Lipinski definition) is 3. The van der Waals surface area contributed by atoms with Crippen molar-refractivity contribution in [2.75, 3.05) is 5.32 Å². The maximum Gasteiger partial charge on any atom is 0.303 e. The Kier molecular flexibility index (Phi) is 7.64. The molecule has 1 unspecified atom stereocenters. The second kappa shape index (κ2) is 10.4. The van der Waals surface area contributed by atoms with Gasteiger partial charge in [0.2, 0.25) is 0 Å². The smallest absolute Gasteiger partial charge is 0.303 e. The predicted molar refractivity (Wildman–Crippen MR) is 119 cm³/mol. The first kappa shape index (κ1) is 21.3. The minimum Gasteiger partial charge on any atom is -0.508 e. The molecule has 0 aromatic heterocycles. The number of carboxylic acid groups (broad SMARTS) is 1. The van der Waals surface area contributed by atoms with Crippen molar-refractivity contribution in [3.63, 3.8) is 0 Å². The molecule has 3 rings (SSSR count). The first-order valence-electron chi connectivity index (χ1n) is 10.3. The first-order valence-corrected chi connectivity index (χ1v) is 11.2.